The molecule has 7 heteroatoms. The van der Waals surface area contributed by atoms with Crippen LogP contribution in [0.2, 0.25) is 0 Å². The number of halogens is 1. The molecule has 1 atom stereocenters. The molecular formula is C16H21ClN4O2. The summed E-state index contributed by atoms with van der Waals surface area (Å²) in [5.41, 5.74) is 2.20. The molecular weight excluding hydrogens is 316 g/mol. The number of benzene rings is 1. The Kier molecular flexibility index (Phi) is 6.01. The van der Waals surface area contributed by atoms with Gasteiger partial charge in [0.1, 0.15) is 5.75 Å². The van der Waals surface area contributed by atoms with Gasteiger partial charge in [0.25, 0.3) is 5.91 Å². The van der Waals surface area contributed by atoms with Crippen LogP contribution < -0.4 is 15.4 Å². The van der Waals surface area contributed by atoms with Crippen LogP contribution >= 0.6 is 12.4 Å². The summed E-state index contributed by atoms with van der Waals surface area (Å²) in [5, 5.41) is 13.3. The fourth-order valence-electron chi connectivity index (χ4n) is 2.67. The van der Waals surface area contributed by atoms with Gasteiger partial charge in [0.2, 0.25) is 0 Å². The van der Waals surface area contributed by atoms with E-state index in [4.69, 9.17) is 4.74 Å². The minimum absolute atomic E-state index is 0. The predicted octanol–water partition coefficient (Wildman–Crippen LogP) is 1.99. The van der Waals surface area contributed by atoms with Gasteiger partial charge in [0.05, 0.1) is 24.6 Å². The summed E-state index contributed by atoms with van der Waals surface area (Å²) >= 11 is 0. The van der Waals surface area contributed by atoms with Gasteiger partial charge in [-0.2, -0.15) is 5.10 Å². The zero-order valence-electron chi connectivity index (χ0n) is 13.0. The molecule has 0 bridgehead atoms. The zero-order chi connectivity index (χ0) is 15.4. The second-order valence-electron chi connectivity index (χ2n) is 5.40. The van der Waals surface area contributed by atoms with Crippen LogP contribution in [0.3, 0.4) is 0 Å². The molecule has 1 amide bonds. The Bertz CT molecular complexity index is 636. The first-order chi connectivity index (χ1) is 10.8. The first-order valence-corrected chi connectivity index (χ1v) is 7.47. The number of ether oxygens (including phenoxy) is 1. The number of hydrogen-bond donors (Lipinski definition) is 3. The summed E-state index contributed by atoms with van der Waals surface area (Å²) in [5.74, 6) is 0.691. The average Bonchev–Trinajstić information content (AvgIpc) is 3.05. The van der Waals surface area contributed by atoms with Gasteiger partial charge in [-0.3, -0.25) is 9.89 Å². The topological polar surface area (TPSA) is 79.0 Å². The van der Waals surface area contributed by atoms with Crippen molar-refractivity contribution in [1.82, 2.24) is 20.8 Å². The fraction of sp³-hybridized carbons (Fsp3) is 0.375. The Morgan fingerprint density at radius 1 is 1.35 bits per heavy atom. The molecule has 2 heterocycles. The van der Waals surface area contributed by atoms with Crippen LogP contribution in [0, 0.1) is 0 Å². The number of piperidine rings is 1. The number of methoxy groups -OCH3 is 1. The molecule has 23 heavy (non-hydrogen) atoms. The molecule has 0 radical (unpaired) electrons. The van der Waals surface area contributed by atoms with Crippen LogP contribution in [0.25, 0.3) is 11.3 Å². The monoisotopic (exact) mass is 336 g/mol. The molecule has 3 rings (SSSR count). The Morgan fingerprint density at radius 2 is 2.13 bits per heavy atom. The smallest absolute Gasteiger partial charge is 0.255 e. The molecule has 124 valence electrons. The molecule has 1 aliphatic heterocycles. The van der Waals surface area contributed by atoms with Crippen molar-refractivity contribution in [2.24, 2.45) is 0 Å². The van der Waals surface area contributed by atoms with E-state index in [0.29, 0.717) is 5.56 Å². The predicted molar refractivity (Wildman–Crippen MR) is 91.2 cm³/mol. The van der Waals surface area contributed by atoms with Crippen LogP contribution in [-0.2, 0) is 0 Å². The molecule has 2 aromatic rings. The first kappa shape index (κ1) is 17.3. The molecule has 1 saturated heterocycles. The summed E-state index contributed by atoms with van der Waals surface area (Å²) in [6.07, 6.45) is 3.67. The van der Waals surface area contributed by atoms with Gasteiger partial charge in [0, 0.05) is 18.2 Å². The maximum absolute atomic E-state index is 12.5. The van der Waals surface area contributed by atoms with Crippen molar-refractivity contribution in [2.75, 3.05) is 20.2 Å². The van der Waals surface area contributed by atoms with Gasteiger partial charge in [-0.15, -0.1) is 12.4 Å². The number of carbonyl (C=O) groups is 1. The van der Waals surface area contributed by atoms with E-state index < -0.39 is 0 Å². The lowest BCUT2D eigenvalue weighted by Crippen LogP contribution is -2.45. The summed E-state index contributed by atoms with van der Waals surface area (Å²) in [6, 6.07) is 7.72. The number of nitrogens with zero attached hydrogens (tertiary/aromatic N) is 1. The second-order valence-corrected chi connectivity index (χ2v) is 5.40. The van der Waals surface area contributed by atoms with E-state index in [2.05, 4.69) is 20.8 Å². The van der Waals surface area contributed by atoms with Crippen LogP contribution in [0.15, 0.2) is 30.5 Å². The van der Waals surface area contributed by atoms with E-state index in [1.54, 1.807) is 13.3 Å². The SMILES string of the molecule is COc1ccc(-c2[nH]ncc2C(=O)NC2CCCNC2)cc1.Cl. The van der Waals surface area contributed by atoms with Crippen molar-refractivity contribution in [3.63, 3.8) is 0 Å². The third-order valence-corrected chi connectivity index (χ3v) is 3.89. The first-order valence-electron chi connectivity index (χ1n) is 7.47. The van der Waals surface area contributed by atoms with Crippen LogP contribution in [0.5, 0.6) is 5.75 Å². The fourth-order valence-corrected chi connectivity index (χ4v) is 2.67. The Labute approximate surface area is 141 Å². The summed E-state index contributed by atoms with van der Waals surface area (Å²) in [7, 11) is 1.63. The highest BCUT2D eigenvalue weighted by molar-refractivity contribution is 5.99. The van der Waals surface area contributed by atoms with Gasteiger partial charge in [-0.1, -0.05) is 0 Å². The zero-order valence-corrected chi connectivity index (χ0v) is 13.8. The molecule has 1 aliphatic rings. The highest BCUT2D eigenvalue weighted by atomic mass is 35.5. The van der Waals surface area contributed by atoms with Gasteiger partial charge in [-0.25, -0.2) is 0 Å². The molecule has 0 spiro atoms. The van der Waals surface area contributed by atoms with E-state index in [9.17, 15) is 4.79 Å². The number of rotatable bonds is 4. The number of aromatic nitrogens is 2. The van der Waals surface area contributed by atoms with Crippen molar-refractivity contribution in [2.45, 2.75) is 18.9 Å². The lowest BCUT2D eigenvalue weighted by Gasteiger charge is -2.23. The molecule has 6 nitrogen and oxygen atoms in total. The third kappa shape index (κ3) is 4.03. The summed E-state index contributed by atoms with van der Waals surface area (Å²) in [6.45, 7) is 1.84. The maximum atomic E-state index is 12.5. The van der Waals surface area contributed by atoms with Crippen LogP contribution in [0.4, 0.5) is 0 Å². The number of hydrogen-bond acceptors (Lipinski definition) is 4. The molecule has 0 saturated carbocycles. The lowest BCUT2D eigenvalue weighted by atomic mass is 10.1. The van der Waals surface area contributed by atoms with Gasteiger partial charge in [-0.05, 0) is 43.7 Å². The van der Waals surface area contributed by atoms with E-state index in [1.165, 1.54) is 0 Å². The van der Waals surface area contributed by atoms with Gasteiger partial charge < -0.3 is 15.4 Å². The Hall–Kier alpha value is -2.05. The molecule has 3 N–H and O–H groups in total. The quantitative estimate of drug-likeness (QED) is 0.797. The van der Waals surface area contributed by atoms with Crippen molar-refractivity contribution >= 4 is 18.3 Å². The Morgan fingerprint density at radius 3 is 2.78 bits per heavy atom. The van der Waals surface area contributed by atoms with Crippen molar-refractivity contribution in [1.29, 1.82) is 0 Å². The lowest BCUT2D eigenvalue weighted by molar-refractivity contribution is 0.0931. The van der Waals surface area contributed by atoms with E-state index in [0.717, 1.165) is 42.9 Å². The number of nitrogens with one attached hydrogen (secondary N) is 3. The summed E-state index contributed by atoms with van der Waals surface area (Å²) < 4.78 is 5.15. The van der Waals surface area contributed by atoms with E-state index >= 15 is 0 Å². The average molecular weight is 337 g/mol. The van der Waals surface area contributed by atoms with E-state index in [1.807, 2.05) is 24.3 Å². The second kappa shape index (κ2) is 7.99. The third-order valence-electron chi connectivity index (χ3n) is 3.89. The largest absolute Gasteiger partial charge is 0.497 e. The molecule has 1 aromatic heterocycles. The maximum Gasteiger partial charge on any atom is 0.255 e. The van der Waals surface area contributed by atoms with Crippen LogP contribution in [-0.4, -0.2) is 42.3 Å². The minimum Gasteiger partial charge on any atom is -0.497 e. The molecule has 0 aliphatic carbocycles. The van der Waals surface area contributed by atoms with Crippen molar-refractivity contribution in [3.05, 3.63) is 36.0 Å². The minimum atomic E-state index is -0.0896. The molecule has 1 aromatic carbocycles. The summed E-state index contributed by atoms with van der Waals surface area (Å²) in [4.78, 5) is 12.5. The highest BCUT2D eigenvalue weighted by Crippen LogP contribution is 2.23. The molecule has 1 fully saturated rings. The van der Waals surface area contributed by atoms with Gasteiger partial charge >= 0.3 is 0 Å². The van der Waals surface area contributed by atoms with E-state index in [-0.39, 0.29) is 24.4 Å². The number of aromatic amines is 1. The molecule has 1 unspecified atom stereocenters. The highest BCUT2D eigenvalue weighted by Gasteiger charge is 2.20. The van der Waals surface area contributed by atoms with Crippen LogP contribution in [0.1, 0.15) is 23.2 Å². The van der Waals surface area contributed by atoms with Crippen molar-refractivity contribution in [3.8, 4) is 17.0 Å². The van der Waals surface area contributed by atoms with Crippen molar-refractivity contribution < 1.29 is 9.53 Å². The standard InChI is InChI=1S/C16H20N4O2.ClH/c1-22-13-6-4-11(5-7-13)15-14(10-18-20-15)16(21)19-12-3-2-8-17-9-12;/h4-7,10,12,17H,2-3,8-9H2,1H3,(H,18,20)(H,19,21);1H. The Balaban J connectivity index is 0.00000192. The number of carbonyl (C=O) groups excluding carboxylic acids is 1. The number of H-pyrrole nitrogens is 1. The number of amides is 1. The van der Waals surface area contributed by atoms with Gasteiger partial charge in [0.15, 0.2) is 0 Å². The normalized spacial score (nSPS) is 17.2.